The Hall–Kier alpha value is -2.11. The van der Waals surface area contributed by atoms with E-state index < -0.39 is 17.7 Å². The molecular formula is C14H20N2O4. The predicted molar refractivity (Wildman–Crippen MR) is 74.7 cm³/mol. The molecule has 2 N–H and O–H groups in total. The summed E-state index contributed by atoms with van der Waals surface area (Å²) in [7, 11) is 0. The molecule has 0 aliphatic carbocycles. The van der Waals surface area contributed by atoms with Crippen LogP contribution in [-0.2, 0) is 16.0 Å². The molecular weight excluding hydrogens is 260 g/mol. The highest BCUT2D eigenvalue weighted by molar-refractivity contribution is 5.85. The molecule has 1 amide bonds. The SMILES string of the molecule is CC(C)(C)OC(=O)Nc1cccnc1CCCC(=O)O. The number of ether oxygens (including phenoxy) is 1. The van der Waals surface area contributed by atoms with Crippen molar-refractivity contribution < 1.29 is 19.4 Å². The first kappa shape index (κ1) is 15.9. The summed E-state index contributed by atoms with van der Waals surface area (Å²) in [5.41, 5.74) is 0.627. The Kier molecular flexibility index (Phi) is 5.49. The second-order valence-corrected chi connectivity index (χ2v) is 5.37. The number of pyridine rings is 1. The lowest BCUT2D eigenvalue weighted by Gasteiger charge is -2.20. The van der Waals surface area contributed by atoms with E-state index in [0.29, 0.717) is 24.2 Å². The van der Waals surface area contributed by atoms with Gasteiger partial charge in [0.2, 0.25) is 0 Å². The lowest BCUT2D eigenvalue weighted by Crippen LogP contribution is -2.27. The van der Waals surface area contributed by atoms with Crippen LogP contribution in [0.2, 0.25) is 0 Å². The minimum Gasteiger partial charge on any atom is -0.481 e. The number of anilines is 1. The summed E-state index contributed by atoms with van der Waals surface area (Å²) >= 11 is 0. The predicted octanol–water partition coefficient (Wildman–Crippen LogP) is 2.84. The van der Waals surface area contributed by atoms with E-state index in [1.54, 1.807) is 39.1 Å². The molecule has 0 radical (unpaired) electrons. The highest BCUT2D eigenvalue weighted by Gasteiger charge is 2.17. The molecule has 0 spiro atoms. The maximum atomic E-state index is 11.7. The average Bonchev–Trinajstić information content (AvgIpc) is 2.28. The summed E-state index contributed by atoms with van der Waals surface area (Å²) in [6.45, 7) is 5.34. The molecule has 6 heteroatoms. The van der Waals surface area contributed by atoms with Crippen LogP contribution in [0, 0.1) is 0 Å². The van der Waals surface area contributed by atoms with E-state index in [1.807, 2.05) is 0 Å². The Morgan fingerprint density at radius 3 is 2.70 bits per heavy atom. The van der Waals surface area contributed by atoms with E-state index in [9.17, 15) is 9.59 Å². The Balaban J connectivity index is 2.65. The monoisotopic (exact) mass is 280 g/mol. The number of hydrogen-bond acceptors (Lipinski definition) is 4. The fraction of sp³-hybridized carbons (Fsp3) is 0.500. The Labute approximate surface area is 118 Å². The second kappa shape index (κ2) is 6.88. The lowest BCUT2D eigenvalue weighted by molar-refractivity contribution is -0.137. The van der Waals surface area contributed by atoms with E-state index in [-0.39, 0.29) is 6.42 Å². The molecule has 0 aliphatic heterocycles. The van der Waals surface area contributed by atoms with Gasteiger partial charge in [-0.05, 0) is 45.7 Å². The van der Waals surface area contributed by atoms with Crippen LogP contribution in [0.25, 0.3) is 0 Å². The van der Waals surface area contributed by atoms with Gasteiger partial charge in [0.05, 0.1) is 11.4 Å². The van der Waals surface area contributed by atoms with E-state index in [0.717, 1.165) is 0 Å². The fourth-order valence-electron chi connectivity index (χ4n) is 1.57. The highest BCUT2D eigenvalue weighted by Crippen LogP contribution is 2.16. The number of rotatable bonds is 5. The van der Waals surface area contributed by atoms with Crippen molar-refractivity contribution in [3.05, 3.63) is 24.0 Å². The van der Waals surface area contributed by atoms with Crippen molar-refractivity contribution in [1.82, 2.24) is 4.98 Å². The van der Waals surface area contributed by atoms with Gasteiger partial charge in [-0.1, -0.05) is 0 Å². The quantitative estimate of drug-likeness (QED) is 0.865. The number of amides is 1. The van der Waals surface area contributed by atoms with Crippen molar-refractivity contribution in [3.63, 3.8) is 0 Å². The topological polar surface area (TPSA) is 88.5 Å². The minimum atomic E-state index is -0.845. The minimum absolute atomic E-state index is 0.0719. The molecule has 0 unspecified atom stereocenters. The largest absolute Gasteiger partial charge is 0.481 e. The zero-order chi connectivity index (χ0) is 15.2. The van der Waals surface area contributed by atoms with Gasteiger partial charge in [0, 0.05) is 12.6 Å². The third kappa shape index (κ3) is 6.17. The normalized spacial score (nSPS) is 10.9. The van der Waals surface area contributed by atoms with E-state index >= 15 is 0 Å². The van der Waals surface area contributed by atoms with Crippen LogP contribution >= 0.6 is 0 Å². The number of carboxylic acids is 1. The van der Waals surface area contributed by atoms with Gasteiger partial charge in [0.15, 0.2) is 0 Å². The Morgan fingerprint density at radius 2 is 2.10 bits per heavy atom. The first-order chi connectivity index (χ1) is 9.28. The first-order valence-corrected chi connectivity index (χ1v) is 6.43. The molecule has 1 rings (SSSR count). The molecule has 0 saturated carbocycles. The van der Waals surface area contributed by atoms with Crippen molar-refractivity contribution in [2.75, 3.05) is 5.32 Å². The zero-order valence-corrected chi connectivity index (χ0v) is 12.0. The molecule has 1 heterocycles. The van der Waals surface area contributed by atoms with Crippen LogP contribution in [0.15, 0.2) is 18.3 Å². The van der Waals surface area contributed by atoms with Gasteiger partial charge in [-0.3, -0.25) is 15.1 Å². The highest BCUT2D eigenvalue weighted by atomic mass is 16.6. The van der Waals surface area contributed by atoms with Crippen LogP contribution in [-0.4, -0.2) is 27.8 Å². The number of hydrogen-bond donors (Lipinski definition) is 2. The van der Waals surface area contributed by atoms with Gasteiger partial charge in [-0.15, -0.1) is 0 Å². The van der Waals surface area contributed by atoms with Gasteiger partial charge >= 0.3 is 12.1 Å². The smallest absolute Gasteiger partial charge is 0.412 e. The number of carbonyl (C=O) groups is 2. The van der Waals surface area contributed by atoms with Gasteiger partial charge in [-0.2, -0.15) is 0 Å². The zero-order valence-electron chi connectivity index (χ0n) is 12.0. The maximum absolute atomic E-state index is 11.7. The molecule has 0 saturated heterocycles. The molecule has 1 aromatic heterocycles. The molecule has 0 atom stereocenters. The first-order valence-electron chi connectivity index (χ1n) is 6.43. The molecule has 20 heavy (non-hydrogen) atoms. The number of carboxylic acid groups (broad SMARTS) is 1. The summed E-state index contributed by atoms with van der Waals surface area (Å²) < 4.78 is 5.17. The number of nitrogens with one attached hydrogen (secondary N) is 1. The third-order valence-corrected chi connectivity index (χ3v) is 2.33. The summed E-state index contributed by atoms with van der Waals surface area (Å²) in [5, 5.41) is 11.3. The fourth-order valence-corrected chi connectivity index (χ4v) is 1.57. The van der Waals surface area contributed by atoms with Crippen molar-refractivity contribution in [3.8, 4) is 0 Å². The van der Waals surface area contributed by atoms with Crippen LogP contribution < -0.4 is 5.32 Å². The van der Waals surface area contributed by atoms with Gasteiger partial charge in [-0.25, -0.2) is 4.79 Å². The maximum Gasteiger partial charge on any atom is 0.412 e. The summed E-state index contributed by atoms with van der Waals surface area (Å²) in [6.07, 6.45) is 2.08. The van der Waals surface area contributed by atoms with Gasteiger partial charge in [0.1, 0.15) is 5.60 Å². The van der Waals surface area contributed by atoms with Gasteiger partial charge < -0.3 is 9.84 Å². The molecule has 0 bridgehead atoms. The number of aromatic nitrogens is 1. The number of carbonyl (C=O) groups excluding carboxylic acids is 1. The van der Waals surface area contributed by atoms with E-state index in [2.05, 4.69) is 10.3 Å². The molecule has 110 valence electrons. The molecule has 0 aliphatic rings. The van der Waals surface area contributed by atoms with Crippen LogP contribution in [0.3, 0.4) is 0 Å². The lowest BCUT2D eigenvalue weighted by atomic mass is 10.1. The average molecular weight is 280 g/mol. The molecule has 6 nitrogen and oxygen atoms in total. The third-order valence-electron chi connectivity index (χ3n) is 2.33. The molecule has 0 fully saturated rings. The van der Waals surface area contributed by atoms with Gasteiger partial charge in [0.25, 0.3) is 0 Å². The van der Waals surface area contributed by atoms with Crippen molar-refractivity contribution in [2.45, 2.75) is 45.6 Å². The number of aliphatic carboxylic acids is 1. The summed E-state index contributed by atoms with van der Waals surface area (Å²) in [5.74, 6) is -0.845. The number of nitrogens with zero attached hydrogens (tertiary/aromatic N) is 1. The van der Waals surface area contributed by atoms with Crippen molar-refractivity contribution in [1.29, 1.82) is 0 Å². The van der Waals surface area contributed by atoms with Crippen LogP contribution in [0.1, 0.15) is 39.3 Å². The summed E-state index contributed by atoms with van der Waals surface area (Å²) in [6, 6.07) is 3.42. The van der Waals surface area contributed by atoms with Crippen molar-refractivity contribution >= 4 is 17.7 Å². The molecule has 1 aromatic rings. The van der Waals surface area contributed by atoms with Crippen LogP contribution in [0.4, 0.5) is 10.5 Å². The Morgan fingerprint density at radius 1 is 1.40 bits per heavy atom. The summed E-state index contributed by atoms with van der Waals surface area (Å²) in [4.78, 5) is 26.4. The van der Waals surface area contributed by atoms with Crippen molar-refractivity contribution in [2.24, 2.45) is 0 Å². The van der Waals surface area contributed by atoms with E-state index in [4.69, 9.17) is 9.84 Å². The standard InChI is InChI=1S/C14H20N2O4/c1-14(2,3)20-13(19)16-11-7-5-9-15-10(11)6-4-8-12(17)18/h5,7,9H,4,6,8H2,1-3H3,(H,16,19)(H,17,18). The van der Waals surface area contributed by atoms with E-state index in [1.165, 1.54) is 0 Å². The Bertz CT molecular complexity index is 480. The second-order valence-electron chi connectivity index (χ2n) is 5.37. The molecule has 0 aromatic carbocycles. The van der Waals surface area contributed by atoms with Crippen LogP contribution in [0.5, 0.6) is 0 Å². The number of aryl methyl sites for hydroxylation is 1.